The van der Waals surface area contributed by atoms with Gasteiger partial charge in [0.1, 0.15) is 6.10 Å². The molecule has 1 saturated heterocycles. The van der Waals surface area contributed by atoms with Crippen LogP contribution < -0.4 is 0 Å². The first-order valence-electron chi connectivity index (χ1n) is 13.4. The highest BCUT2D eigenvalue weighted by molar-refractivity contribution is 5.95. The smallest absolute Gasteiger partial charge is 0.159 e. The molecule has 192 valence electrons. The number of carbonyl (C=O) groups excluding carboxylic acids is 1. The van der Waals surface area contributed by atoms with Gasteiger partial charge in [-0.05, 0) is 86.2 Å². The monoisotopic (exact) mass is 476 g/mol. The van der Waals surface area contributed by atoms with Crippen LogP contribution in [0, 0.1) is 40.4 Å². The van der Waals surface area contributed by atoms with E-state index in [-0.39, 0.29) is 42.2 Å². The zero-order valence-electron chi connectivity index (χ0n) is 21.6. The Kier molecular flexibility index (Phi) is 5.57. The molecule has 1 aliphatic heterocycles. The van der Waals surface area contributed by atoms with Crippen LogP contribution in [-0.4, -0.2) is 61.8 Å². The summed E-state index contributed by atoms with van der Waals surface area (Å²) < 4.78 is 6.06. The van der Waals surface area contributed by atoms with Crippen molar-refractivity contribution in [3.8, 4) is 0 Å². The van der Waals surface area contributed by atoms with Crippen LogP contribution in [-0.2, 0) is 9.53 Å². The summed E-state index contributed by atoms with van der Waals surface area (Å²) in [4.78, 5) is 13.3. The molecule has 0 radical (unpaired) electrons. The van der Waals surface area contributed by atoms with E-state index in [1.807, 2.05) is 6.92 Å². The van der Waals surface area contributed by atoms with Gasteiger partial charge in [-0.1, -0.05) is 34.6 Å². The summed E-state index contributed by atoms with van der Waals surface area (Å²) in [5, 5.41) is 44.9. The van der Waals surface area contributed by atoms with Crippen molar-refractivity contribution < 1.29 is 30.0 Å². The number of aliphatic hydroxyl groups is 4. The fourth-order valence-corrected chi connectivity index (χ4v) is 8.88. The van der Waals surface area contributed by atoms with Crippen molar-refractivity contribution in [2.45, 2.75) is 116 Å². The lowest BCUT2D eigenvalue weighted by Gasteiger charge is -2.60. The second kappa shape index (κ2) is 7.61. The van der Waals surface area contributed by atoms with Crippen LogP contribution in [0.2, 0.25) is 0 Å². The van der Waals surface area contributed by atoms with Crippen LogP contribution in [0.15, 0.2) is 11.6 Å². The van der Waals surface area contributed by atoms with E-state index in [0.717, 1.165) is 18.4 Å². The molecular weight excluding hydrogens is 432 g/mol. The molecule has 5 aliphatic rings. The molecule has 0 aromatic carbocycles. The molecule has 0 bridgehead atoms. The Hall–Kier alpha value is -0.790. The van der Waals surface area contributed by atoms with Gasteiger partial charge in [0, 0.05) is 11.3 Å². The molecule has 0 aromatic heterocycles. The van der Waals surface area contributed by atoms with Gasteiger partial charge in [-0.3, -0.25) is 4.79 Å². The molecule has 3 saturated carbocycles. The normalized spacial score (nSPS) is 52.9. The molecule has 0 aromatic rings. The van der Waals surface area contributed by atoms with Crippen molar-refractivity contribution in [2.75, 3.05) is 0 Å². The lowest BCUT2D eigenvalue weighted by atomic mass is 9.45. The van der Waals surface area contributed by atoms with Crippen molar-refractivity contribution in [2.24, 2.45) is 40.4 Å². The van der Waals surface area contributed by atoms with Gasteiger partial charge in [-0.15, -0.1) is 0 Å². The summed E-state index contributed by atoms with van der Waals surface area (Å²) in [6, 6.07) is 0. The number of hydrogen-bond acceptors (Lipinski definition) is 6. The highest BCUT2D eigenvalue weighted by atomic mass is 16.6. The minimum atomic E-state index is -1.16. The van der Waals surface area contributed by atoms with Crippen LogP contribution in [0.3, 0.4) is 0 Å². The molecule has 1 heterocycles. The minimum Gasteiger partial charge on any atom is -0.390 e. The van der Waals surface area contributed by atoms with E-state index < -0.39 is 34.2 Å². The van der Waals surface area contributed by atoms with Crippen LogP contribution in [0.25, 0.3) is 0 Å². The Balaban J connectivity index is 1.47. The number of fused-ring (bicyclic) bond motifs is 5. The van der Waals surface area contributed by atoms with E-state index >= 15 is 0 Å². The number of aliphatic hydroxyl groups excluding tert-OH is 2. The molecule has 0 spiro atoms. The number of carbonyl (C=O) groups is 1. The molecule has 4 fully saturated rings. The highest BCUT2D eigenvalue weighted by Gasteiger charge is 2.71. The van der Waals surface area contributed by atoms with Crippen molar-refractivity contribution in [3.05, 3.63) is 11.6 Å². The maximum atomic E-state index is 13.3. The standard InChI is InChI=1S/C28H44O6/c1-14(2)15(3)23-24(34-23)27(6,32)22-8-10-28(33)17-11-19(29)18-12-20(30)21(31)13-25(18,4)16(17)7-9-26(22,28)5/h11,14-16,18,20-24,30-33H,7-10,12-13H2,1-6H3/t15-,16+,18-,20+,21-,22-,23+,24+,25+,26+,27-,28+/m0/s1. The third-order valence-electron chi connectivity index (χ3n) is 11.5. The summed E-state index contributed by atoms with van der Waals surface area (Å²) in [7, 11) is 0. The van der Waals surface area contributed by atoms with Gasteiger partial charge < -0.3 is 25.2 Å². The predicted molar refractivity (Wildman–Crippen MR) is 128 cm³/mol. The molecule has 12 atom stereocenters. The summed E-state index contributed by atoms with van der Waals surface area (Å²) >= 11 is 0. The molecule has 4 N–H and O–H groups in total. The second-order valence-electron chi connectivity index (χ2n) is 13.4. The number of ketones is 1. The van der Waals surface area contributed by atoms with Gasteiger partial charge in [-0.2, -0.15) is 0 Å². The van der Waals surface area contributed by atoms with Crippen molar-refractivity contribution in [3.63, 3.8) is 0 Å². The third kappa shape index (κ3) is 3.14. The zero-order valence-corrected chi connectivity index (χ0v) is 21.6. The average molecular weight is 477 g/mol. The Morgan fingerprint density at radius 3 is 2.41 bits per heavy atom. The molecule has 0 amide bonds. The third-order valence-corrected chi connectivity index (χ3v) is 11.5. The molecular formula is C28H44O6. The lowest BCUT2D eigenvalue weighted by molar-refractivity contribution is -0.161. The number of hydrogen-bond donors (Lipinski definition) is 4. The van der Waals surface area contributed by atoms with Crippen LogP contribution >= 0.6 is 0 Å². The molecule has 6 heteroatoms. The van der Waals surface area contributed by atoms with Crippen LogP contribution in [0.4, 0.5) is 0 Å². The second-order valence-corrected chi connectivity index (χ2v) is 13.4. The summed E-state index contributed by atoms with van der Waals surface area (Å²) in [5.41, 5.74) is -2.46. The van der Waals surface area contributed by atoms with E-state index in [9.17, 15) is 25.2 Å². The van der Waals surface area contributed by atoms with Gasteiger partial charge >= 0.3 is 0 Å². The van der Waals surface area contributed by atoms with E-state index in [0.29, 0.717) is 31.1 Å². The summed E-state index contributed by atoms with van der Waals surface area (Å²) in [6.45, 7) is 12.6. The number of allylic oxidation sites excluding steroid dienone is 1. The number of ether oxygens (including phenoxy) is 1. The van der Waals surface area contributed by atoms with E-state index in [2.05, 4.69) is 34.6 Å². The van der Waals surface area contributed by atoms with E-state index in [4.69, 9.17) is 4.74 Å². The maximum Gasteiger partial charge on any atom is 0.159 e. The molecule has 4 aliphatic carbocycles. The maximum absolute atomic E-state index is 13.3. The number of epoxide rings is 1. The van der Waals surface area contributed by atoms with Gasteiger partial charge in [-0.25, -0.2) is 0 Å². The summed E-state index contributed by atoms with van der Waals surface area (Å²) in [5.74, 6) is 0.304. The highest BCUT2D eigenvalue weighted by Crippen LogP contribution is 2.69. The lowest BCUT2D eigenvalue weighted by Crippen LogP contribution is -2.62. The predicted octanol–water partition coefficient (Wildman–Crippen LogP) is 3.00. The van der Waals surface area contributed by atoms with E-state index in [1.165, 1.54) is 0 Å². The number of rotatable bonds is 4. The first-order valence-corrected chi connectivity index (χ1v) is 13.4. The van der Waals surface area contributed by atoms with Crippen molar-refractivity contribution in [1.29, 1.82) is 0 Å². The fraction of sp³-hybridized carbons (Fsp3) is 0.893. The van der Waals surface area contributed by atoms with Gasteiger partial charge in [0.05, 0.1) is 29.5 Å². The summed E-state index contributed by atoms with van der Waals surface area (Å²) in [6.07, 6.45) is 3.15. The molecule has 34 heavy (non-hydrogen) atoms. The Bertz CT molecular complexity index is 895. The van der Waals surface area contributed by atoms with E-state index in [1.54, 1.807) is 6.08 Å². The van der Waals surface area contributed by atoms with Gasteiger partial charge in [0.25, 0.3) is 0 Å². The molecule has 0 unspecified atom stereocenters. The Labute approximate surface area is 203 Å². The Morgan fingerprint density at radius 1 is 1.09 bits per heavy atom. The zero-order chi connectivity index (χ0) is 25.0. The largest absolute Gasteiger partial charge is 0.390 e. The average Bonchev–Trinajstić information content (AvgIpc) is 3.49. The Morgan fingerprint density at radius 2 is 1.76 bits per heavy atom. The SMILES string of the molecule is CC(C)[C@H](C)[C@H]1O[C@H]1[C@@](C)(O)[C@H]1CC[C@@]2(O)C3=CC(=O)[C@@H]4C[C@@H](O)[C@@H](O)C[C@]4(C)[C@@H]3CC[C@]12C. The first kappa shape index (κ1) is 24.9. The van der Waals surface area contributed by atoms with Crippen LogP contribution in [0.5, 0.6) is 0 Å². The van der Waals surface area contributed by atoms with Crippen molar-refractivity contribution in [1.82, 2.24) is 0 Å². The van der Waals surface area contributed by atoms with Gasteiger partial charge in [0.2, 0.25) is 0 Å². The molecule has 6 nitrogen and oxygen atoms in total. The first-order chi connectivity index (χ1) is 15.7. The van der Waals surface area contributed by atoms with Crippen molar-refractivity contribution >= 4 is 5.78 Å². The van der Waals surface area contributed by atoms with Gasteiger partial charge in [0.15, 0.2) is 5.78 Å². The minimum absolute atomic E-state index is 0.00925. The fourth-order valence-electron chi connectivity index (χ4n) is 8.88. The molecule has 5 rings (SSSR count). The topological polar surface area (TPSA) is 111 Å². The quantitative estimate of drug-likeness (QED) is 0.464. The van der Waals surface area contributed by atoms with Crippen LogP contribution in [0.1, 0.15) is 80.1 Å².